The smallest absolute Gasteiger partial charge is 0.265 e. The fourth-order valence-corrected chi connectivity index (χ4v) is 2.71. The molecule has 0 bridgehead atoms. The van der Waals surface area contributed by atoms with E-state index in [0.717, 1.165) is 0 Å². The molecule has 6 nitrogen and oxygen atoms in total. The molecule has 0 saturated carbocycles. The Morgan fingerprint density at radius 3 is 2.68 bits per heavy atom. The number of ether oxygens (including phenoxy) is 1. The molecule has 1 unspecified atom stereocenters. The molecule has 1 aliphatic rings. The Balaban J connectivity index is 1.87. The minimum atomic E-state index is -0.785. The zero-order valence-corrected chi connectivity index (χ0v) is 14.1. The zero-order chi connectivity index (χ0) is 18.0. The van der Waals surface area contributed by atoms with Crippen LogP contribution in [0.4, 0.5) is 11.4 Å². The maximum atomic E-state index is 12.6. The summed E-state index contributed by atoms with van der Waals surface area (Å²) in [6.45, 7) is 1.46. The average molecular weight is 359 g/mol. The van der Waals surface area contributed by atoms with E-state index in [2.05, 4.69) is 5.32 Å². The van der Waals surface area contributed by atoms with E-state index >= 15 is 0 Å². The van der Waals surface area contributed by atoms with Gasteiger partial charge >= 0.3 is 0 Å². The van der Waals surface area contributed by atoms with Gasteiger partial charge in [0.1, 0.15) is 18.1 Å². The summed E-state index contributed by atoms with van der Waals surface area (Å²) < 4.78 is 5.37. The first kappa shape index (κ1) is 17.0. The van der Waals surface area contributed by atoms with Crippen LogP contribution in [-0.4, -0.2) is 30.7 Å². The Bertz CT molecular complexity index is 835. The van der Waals surface area contributed by atoms with Gasteiger partial charge in [0.2, 0.25) is 5.91 Å². The second-order valence-corrected chi connectivity index (χ2v) is 6.01. The highest BCUT2D eigenvalue weighted by molar-refractivity contribution is 6.30. The molecule has 3 rings (SSSR count). The predicted octanol–water partition coefficient (Wildman–Crippen LogP) is 2.91. The van der Waals surface area contributed by atoms with Gasteiger partial charge in [-0.2, -0.15) is 0 Å². The van der Waals surface area contributed by atoms with Crippen molar-refractivity contribution in [2.75, 3.05) is 16.8 Å². The molecule has 0 radical (unpaired) electrons. The first-order valence-corrected chi connectivity index (χ1v) is 7.98. The fraction of sp³-hybridized carbons (Fsp3) is 0.167. The van der Waals surface area contributed by atoms with Crippen LogP contribution in [0.1, 0.15) is 17.3 Å². The van der Waals surface area contributed by atoms with Crippen LogP contribution in [0, 0.1) is 0 Å². The number of carbonyl (C=O) groups is 3. The number of fused-ring (bicyclic) bond motifs is 1. The van der Waals surface area contributed by atoms with Crippen LogP contribution in [0.2, 0.25) is 5.02 Å². The van der Waals surface area contributed by atoms with E-state index in [1.807, 2.05) is 0 Å². The van der Waals surface area contributed by atoms with E-state index in [0.29, 0.717) is 34.0 Å². The second-order valence-electron chi connectivity index (χ2n) is 5.57. The van der Waals surface area contributed by atoms with Crippen molar-refractivity contribution in [1.29, 1.82) is 0 Å². The molecule has 1 N–H and O–H groups in total. The SMILES string of the molecule is CC(C(=O)Nc1ccc(Cl)cc1)N1C(=O)COc2ccc(C=O)cc21. The lowest BCUT2D eigenvalue weighted by Gasteiger charge is -2.33. The highest BCUT2D eigenvalue weighted by Gasteiger charge is 2.33. The predicted molar refractivity (Wildman–Crippen MR) is 94.4 cm³/mol. The Hall–Kier alpha value is -2.86. The summed E-state index contributed by atoms with van der Waals surface area (Å²) in [7, 11) is 0. The first-order chi connectivity index (χ1) is 12.0. The molecule has 25 heavy (non-hydrogen) atoms. The van der Waals surface area contributed by atoms with E-state index in [4.69, 9.17) is 16.3 Å². The third-order valence-corrected chi connectivity index (χ3v) is 4.13. The molecular formula is C18H15ClN2O4. The van der Waals surface area contributed by atoms with Gasteiger partial charge in [-0.3, -0.25) is 19.3 Å². The van der Waals surface area contributed by atoms with Crippen LogP contribution >= 0.6 is 11.6 Å². The highest BCUT2D eigenvalue weighted by atomic mass is 35.5. The van der Waals surface area contributed by atoms with Crippen molar-refractivity contribution in [2.24, 2.45) is 0 Å². The van der Waals surface area contributed by atoms with Gasteiger partial charge in [-0.25, -0.2) is 0 Å². The van der Waals surface area contributed by atoms with Crippen molar-refractivity contribution >= 4 is 41.1 Å². The van der Waals surface area contributed by atoms with Crippen LogP contribution in [0.15, 0.2) is 42.5 Å². The minimum absolute atomic E-state index is 0.161. The average Bonchev–Trinajstić information content (AvgIpc) is 2.62. The van der Waals surface area contributed by atoms with Gasteiger partial charge in [0, 0.05) is 16.3 Å². The van der Waals surface area contributed by atoms with Crippen LogP contribution in [0.25, 0.3) is 0 Å². The molecular weight excluding hydrogens is 344 g/mol. The maximum Gasteiger partial charge on any atom is 0.265 e. The van der Waals surface area contributed by atoms with Crippen molar-refractivity contribution in [2.45, 2.75) is 13.0 Å². The topological polar surface area (TPSA) is 75.7 Å². The number of anilines is 2. The van der Waals surface area contributed by atoms with Crippen molar-refractivity contribution in [3.63, 3.8) is 0 Å². The molecule has 0 aliphatic carbocycles. The number of hydrogen-bond donors (Lipinski definition) is 1. The van der Waals surface area contributed by atoms with Crippen LogP contribution < -0.4 is 15.0 Å². The molecule has 1 aliphatic heterocycles. The summed E-state index contributed by atoms with van der Waals surface area (Å²) in [5.74, 6) is -0.259. The molecule has 0 fully saturated rings. The third kappa shape index (κ3) is 3.49. The maximum absolute atomic E-state index is 12.6. The number of nitrogens with zero attached hydrogens (tertiary/aromatic N) is 1. The second kappa shape index (κ2) is 6.94. The summed E-state index contributed by atoms with van der Waals surface area (Å²) >= 11 is 5.83. The zero-order valence-electron chi connectivity index (χ0n) is 13.4. The number of carbonyl (C=O) groups excluding carboxylic acids is 3. The highest BCUT2D eigenvalue weighted by Crippen LogP contribution is 2.34. The van der Waals surface area contributed by atoms with Gasteiger partial charge in [-0.1, -0.05) is 11.6 Å². The molecule has 0 saturated heterocycles. The molecule has 2 amide bonds. The summed E-state index contributed by atoms with van der Waals surface area (Å²) in [5, 5.41) is 3.30. The van der Waals surface area contributed by atoms with Crippen molar-refractivity contribution in [3.05, 3.63) is 53.1 Å². The summed E-state index contributed by atoms with van der Waals surface area (Å²) in [5.41, 5.74) is 1.37. The first-order valence-electron chi connectivity index (χ1n) is 7.60. The summed E-state index contributed by atoms with van der Waals surface area (Å²) in [6.07, 6.45) is 0.677. The van der Waals surface area contributed by atoms with E-state index in [-0.39, 0.29) is 18.4 Å². The molecule has 1 atom stereocenters. The molecule has 1 heterocycles. The van der Waals surface area contributed by atoms with Gasteiger partial charge in [0.25, 0.3) is 5.91 Å². The van der Waals surface area contributed by atoms with Crippen LogP contribution in [0.5, 0.6) is 5.75 Å². The number of rotatable bonds is 4. The van der Waals surface area contributed by atoms with E-state index in [1.54, 1.807) is 43.3 Å². The third-order valence-electron chi connectivity index (χ3n) is 3.88. The molecule has 2 aromatic rings. The van der Waals surface area contributed by atoms with Gasteiger partial charge in [-0.15, -0.1) is 0 Å². The normalized spacial score (nSPS) is 14.3. The van der Waals surface area contributed by atoms with E-state index in [9.17, 15) is 14.4 Å². The van der Waals surface area contributed by atoms with Crippen molar-refractivity contribution in [1.82, 2.24) is 0 Å². The Kier molecular flexibility index (Phi) is 4.72. The minimum Gasteiger partial charge on any atom is -0.482 e. The Morgan fingerprint density at radius 1 is 1.28 bits per heavy atom. The van der Waals surface area contributed by atoms with Gasteiger partial charge < -0.3 is 10.1 Å². The lowest BCUT2D eigenvalue weighted by molar-refractivity contribution is -0.125. The number of nitrogens with one attached hydrogen (secondary N) is 1. The number of halogens is 1. The van der Waals surface area contributed by atoms with Crippen LogP contribution in [0.3, 0.4) is 0 Å². The number of aldehydes is 1. The van der Waals surface area contributed by atoms with Crippen LogP contribution in [-0.2, 0) is 9.59 Å². The van der Waals surface area contributed by atoms with E-state index in [1.165, 1.54) is 11.0 Å². The summed E-state index contributed by atoms with van der Waals surface area (Å²) in [4.78, 5) is 37.2. The van der Waals surface area contributed by atoms with Gasteiger partial charge in [0.15, 0.2) is 6.61 Å². The van der Waals surface area contributed by atoms with Crippen molar-refractivity contribution in [3.8, 4) is 5.75 Å². The number of benzene rings is 2. The van der Waals surface area contributed by atoms with Gasteiger partial charge in [-0.05, 0) is 49.4 Å². The standard InChI is InChI=1S/C18H15ClN2O4/c1-11(18(24)20-14-5-3-13(19)4-6-14)21-15-8-12(9-22)2-7-16(15)25-10-17(21)23/h2-9,11H,10H2,1H3,(H,20,24). The summed E-state index contributed by atoms with van der Waals surface area (Å²) in [6, 6.07) is 10.6. The molecule has 128 valence electrons. The molecule has 0 spiro atoms. The number of amides is 2. The quantitative estimate of drug-likeness (QED) is 0.853. The number of hydrogen-bond acceptors (Lipinski definition) is 4. The van der Waals surface area contributed by atoms with Crippen molar-refractivity contribution < 1.29 is 19.1 Å². The Labute approximate surface area is 149 Å². The molecule has 2 aromatic carbocycles. The largest absolute Gasteiger partial charge is 0.482 e. The lowest BCUT2D eigenvalue weighted by Crippen LogP contribution is -2.49. The van der Waals surface area contributed by atoms with Gasteiger partial charge in [0.05, 0.1) is 5.69 Å². The molecule has 0 aromatic heterocycles. The lowest BCUT2D eigenvalue weighted by atomic mass is 10.1. The van der Waals surface area contributed by atoms with E-state index < -0.39 is 6.04 Å². The fourth-order valence-electron chi connectivity index (χ4n) is 2.58. The Morgan fingerprint density at radius 2 is 2.00 bits per heavy atom. The monoisotopic (exact) mass is 358 g/mol. The molecule has 7 heteroatoms.